The summed E-state index contributed by atoms with van der Waals surface area (Å²) >= 11 is 0. The van der Waals surface area contributed by atoms with Crippen molar-refractivity contribution in [2.75, 3.05) is 0 Å². The topological polar surface area (TPSA) is 62.9 Å². The number of halogens is 3. The van der Waals surface area contributed by atoms with Gasteiger partial charge in [0.1, 0.15) is 22.8 Å². The van der Waals surface area contributed by atoms with Gasteiger partial charge in [-0.1, -0.05) is 116 Å². The van der Waals surface area contributed by atoms with E-state index < -0.39 is 11.7 Å². The van der Waals surface area contributed by atoms with Gasteiger partial charge < -0.3 is 14.0 Å². The molecule has 7 aromatic carbocycles. The Kier molecular flexibility index (Phi) is 8.89. The van der Waals surface area contributed by atoms with Crippen LogP contribution in [0.1, 0.15) is 37.5 Å². The minimum Gasteiger partial charge on any atom is -0.656 e. The quantitative estimate of drug-likeness (QED) is 0.165. The van der Waals surface area contributed by atoms with Gasteiger partial charge in [0.25, 0.3) is 0 Å². The summed E-state index contributed by atoms with van der Waals surface area (Å²) in [6, 6.07) is 48.8. The molecule has 314 valence electrons. The number of aromatic nitrogens is 5. The monoisotopic (exact) mass is 1020 g/mol. The Hall–Kier alpha value is -6.96. The third-order valence-electron chi connectivity index (χ3n) is 12.4. The van der Waals surface area contributed by atoms with E-state index in [0.717, 1.165) is 123 Å². The standard InChI is InChI=1S/C54H36F3N5O.Pt/c1-30-17-22-43-39(25-30)36-19-18-31(26-45(36)62(43)47-29-32(23-24-58-47)54(55,56)57)35-14-10-15-44-50(35)60-52(61(44)34-11-6-5-7-12-34)41-28-33(53(2,3)4)27-40-48-42(59-49(40)41)21-20-38-37-13-8-9-16-46(37)63-51(38)48;/h5-25,27-29H,1-4H3;/q-2;+2. The average molecular weight is 1020 g/mol. The molecule has 0 aliphatic rings. The summed E-state index contributed by atoms with van der Waals surface area (Å²) in [7, 11) is 0. The van der Waals surface area contributed by atoms with E-state index in [1.807, 2.05) is 79.7 Å². The van der Waals surface area contributed by atoms with Gasteiger partial charge in [0, 0.05) is 39.1 Å². The molecule has 0 spiro atoms. The Morgan fingerprint density at radius 3 is 2.27 bits per heavy atom. The zero-order chi connectivity index (χ0) is 42.9. The fourth-order valence-corrected chi connectivity index (χ4v) is 9.31. The fourth-order valence-electron chi connectivity index (χ4n) is 9.31. The number of aryl methyl sites for hydroxylation is 1. The van der Waals surface area contributed by atoms with Crippen LogP contribution in [0.25, 0.3) is 111 Å². The Morgan fingerprint density at radius 2 is 1.45 bits per heavy atom. The molecule has 0 atom stereocenters. The van der Waals surface area contributed by atoms with E-state index in [2.05, 4.69) is 91.0 Å². The molecule has 0 bridgehead atoms. The fraction of sp³-hybridized carbons (Fsp3) is 0.111. The minimum atomic E-state index is -4.53. The zero-order valence-corrected chi connectivity index (χ0v) is 37.2. The van der Waals surface area contributed by atoms with E-state index in [1.165, 1.54) is 6.20 Å². The van der Waals surface area contributed by atoms with Crippen molar-refractivity contribution >= 4 is 76.6 Å². The molecule has 0 aliphatic carbocycles. The van der Waals surface area contributed by atoms with Gasteiger partial charge in [-0.15, -0.1) is 34.8 Å². The van der Waals surface area contributed by atoms with Gasteiger partial charge in [0.15, 0.2) is 0 Å². The van der Waals surface area contributed by atoms with Crippen molar-refractivity contribution in [2.24, 2.45) is 0 Å². The summed E-state index contributed by atoms with van der Waals surface area (Å²) < 4.78 is 52.8. The van der Waals surface area contributed by atoms with Crippen molar-refractivity contribution in [2.45, 2.75) is 39.3 Å². The van der Waals surface area contributed by atoms with Crippen LogP contribution in [0.15, 0.2) is 150 Å². The number of benzene rings is 7. The summed E-state index contributed by atoms with van der Waals surface area (Å²) in [5, 5.41) is 5.83. The SMILES string of the molecule is Cc1ccc2c(c1)c1ccc(-c3cccc4c3nc(-c3cc(C(C)(C)C)cc5c3[n-]c3ccc6c7ccccc7oc6c35)n4-c3ccccc3)[c-]c1n2-c1cc(C(F)(F)F)ccn1.[Pt+2]. The van der Waals surface area contributed by atoms with Crippen molar-refractivity contribution in [1.82, 2.24) is 24.1 Å². The Balaban J connectivity index is 0.00000456. The maximum atomic E-state index is 14.1. The number of nitrogens with zero attached hydrogens (tertiary/aromatic N) is 5. The molecule has 0 fully saturated rings. The second-order valence-electron chi connectivity index (χ2n) is 17.4. The predicted octanol–water partition coefficient (Wildman–Crippen LogP) is 14.4. The number of hydrogen-bond acceptors (Lipinski definition) is 3. The molecule has 0 aliphatic heterocycles. The van der Waals surface area contributed by atoms with Crippen LogP contribution in [-0.4, -0.2) is 19.1 Å². The molecule has 5 heterocycles. The summed E-state index contributed by atoms with van der Waals surface area (Å²) in [6.45, 7) is 8.65. The van der Waals surface area contributed by atoms with Gasteiger partial charge in [0.05, 0.1) is 16.6 Å². The summed E-state index contributed by atoms with van der Waals surface area (Å²) in [5.41, 5.74) is 10.8. The third kappa shape index (κ3) is 6.05. The first-order chi connectivity index (χ1) is 30.4. The second-order valence-corrected chi connectivity index (χ2v) is 17.4. The van der Waals surface area contributed by atoms with Gasteiger partial charge >= 0.3 is 27.2 Å². The molecule has 12 rings (SSSR count). The number of alkyl halides is 3. The van der Waals surface area contributed by atoms with Crippen molar-refractivity contribution in [1.29, 1.82) is 0 Å². The van der Waals surface area contributed by atoms with Crippen molar-refractivity contribution < 1.29 is 38.7 Å². The summed E-state index contributed by atoms with van der Waals surface area (Å²) in [4.78, 5) is 15.4. The van der Waals surface area contributed by atoms with E-state index in [4.69, 9.17) is 14.4 Å². The first-order valence-electron chi connectivity index (χ1n) is 20.8. The summed E-state index contributed by atoms with van der Waals surface area (Å²) in [6.07, 6.45) is -3.32. The van der Waals surface area contributed by atoms with Crippen molar-refractivity contribution in [3.8, 4) is 34.0 Å². The van der Waals surface area contributed by atoms with Crippen LogP contribution in [0.5, 0.6) is 0 Å². The van der Waals surface area contributed by atoms with Gasteiger partial charge in [-0.2, -0.15) is 13.2 Å². The van der Waals surface area contributed by atoms with Crippen LogP contribution in [0.3, 0.4) is 0 Å². The molecular formula is C54H36F3N5OPt. The van der Waals surface area contributed by atoms with Gasteiger partial charge in [-0.3, -0.25) is 4.57 Å². The number of rotatable bonds is 4. The molecule has 64 heavy (non-hydrogen) atoms. The predicted molar refractivity (Wildman–Crippen MR) is 247 cm³/mol. The molecule has 10 heteroatoms. The molecule has 0 N–H and O–H groups in total. The molecule has 0 unspecified atom stereocenters. The Bertz CT molecular complexity index is 3850. The normalized spacial score (nSPS) is 12.5. The van der Waals surface area contributed by atoms with Crippen molar-refractivity contribution in [3.63, 3.8) is 0 Å². The maximum absolute atomic E-state index is 14.1. The maximum Gasteiger partial charge on any atom is 2.00 e. The zero-order valence-electron chi connectivity index (χ0n) is 35.0. The Labute approximate surface area is 379 Å². The molecule has 0 saturated carbocycles. The number of furan rings is 1. The van der Waals surface area contributed by atoms with E-state index in [9.17, 15) is 13.2 Å². The number of imidazole rings is 1. The van der Waals surface area contributed by atoms with Crippen LogP contribution in [-0.2, 0) is 32.7 Å². The van der Waals surface area contributed by atoms with Crippen LogP contribution in [0, 0.1) is 13.0 Å². The third-order valence-corrected chi connectivity index (χ3v) is 12.4. The molecule has 0 saturated heterocycles. The molecule has 5 aromatic heterocycles. The van der Waals surface area contributed by atoms with Gasteiger partial charge in [-0.05, 0) is 82.7 Å². The number of pyridine rings is 1. The van der Waals surface area contributed by atoms with Crippen LogP contribution >= 0.6 is 0 Å². The van der Waals surface area contributed by atoms with E-state index in [0.29, 0.717) is 5.52 Å². The first kappa shape index (κ1) is 39.9. The van der Waals surface area contributed by atoms with Gasteiger partial charge in [-0.25, -0.2) is 9.97 Å². The largest absolute Gasteiger partial charge is 2.00 e. The number of para-hydroxylation sites is 3. The average Bonchev–Trinajstić information content (AvgIpc) is 4.04. The van der Waals surface area contributed by atoms with E-state index >= 15 is 0 Å². The molecule has 12 aromatic rings. The number of fused-ring (bicyclic) bond motifs is 11. The molecular weight excluding hydrogens is 987 g/mol. The molecule has 0 radical (unpaired) electrons. The van der Waals surface area contributed by atoms with Crippen LogP contribution in [0.4, 0.5) is 13.2 Å². The second kappa shape index (κ2) is 14.3. The molecule has 0 amide bonds. The molecule has 6 nitrogen and oxygen atoms in total. The van der Waals surface area contributed by atoms with E-state index in [-0.39, 0.29) is 32.3 Å². The summed E-state index contributed by atoms with van der Waals surface area (Å²) in [5.74, 6) is 0.885. The minimum absolute atomic E-state index is 0. The van der Waals surface area contributed by atoms with Gasteiger partial charge in [0.2, 0.25) is 0 Å². The first-order valence-corrected chi connectivity index (χ1v) is 20.8. The van der Waals surface area contributed by atoms with Crippen LogP contribution in [0.2, 0.25) is 0 Å². The van der Waals surface area contributed by atoms with Crippen molar-refractivity contribution in [3.05, 3.63) is 168 Å². The van der Waals surface area contributed by atoms with Crippen LogP contribution < -0.4 is 4.98 Å². The van der Waals surface area contributed by atoms with E-state index in [1.54, 1.807) is 4.57 Å². The number of hydrogen-bond donors (Lipinski definition) is 0. The Morgan fingerprint density at radius 1 is 0.656 bits per heavy atom. The smallest absolute Gasteiger partial charge is 0.656 e.